The quantitative estimate of drug-likeness (QED) is 0.725. The van der Waals surface area contributed by atoms with Crippen LogP contribution in [0.1, 0.15) is 25.7 Å². The summed E-state index contributed by atoms with van der Waals surface area (Å²) in [5, 5.41) is 12.9. The van der Waals surface area contributed by atoms with E-state index in [1.807, 2.05) is 7.05 Å². The first-order chi connectivity index (χ1) is 7.79. The van der Waals surface area contributed by atoms with E-state index < -0.39 is 0 Å². The molecule has 2 N–H and O–H groups in total. The van der Waals surface area contributed by atoms with E-state index >= 15 is 0 Å². The lowest BCUT2D eigenvalue weighted by atomic mass is 9.79. The number of likely N-dealkylation sites (N-methyl/N-ethyl adjacent to an activating group) is 1. The average Bonchev–Trinajstić information content (AvgIpc) is 2.40. The van der Waals surface area contributed by atoms with Crippen LogP contribution in [0.2, 0.25) is 0 Å². The summed E-state index contributed by atoms with van der Waals surface area (Å²) in [7, 11) is 1.97. The maximum atomic E-state index is 9.55. The lowest BCUT2D eigenvalue weighted by molar-refractivity contribution is -0.00915. The summed E-state index contributed by atoms with van der Waals surface area (Å²) in [4.78, 5) is 2.53. The largest absolute Gasteiger partial charge is 0.394 e. The topological polar surface area (TPSA) is 44.7 Å². The van der Waals surface area contributed by atoms with Gasteiger partial charge in [-0.05, 0) is 32.7 Å². The van der Waals surface area contributed by atoms with Gasteiger partial charge in [-0.2, -0.15) is 0 Å². The third-order valence-corrected chi connectivity index (χ3v) is 4.21. The van der Waals surface area contributed by atoms with Gasteiger partial charge in [0.25, 0.3) is 0 Å². The summed E-state index contributed by atoms with van der Waals surface area (Å²) in [5.74, 6) is 0. The van der Waals surface area contributed by atoms with E-state index in [1.165, 1.54) is 12.8 Å². The minimum Gasteiger partial charge on any atom is -0.394 e. The molecular formula is C12H24N2O2. The second-order valence-electron chi connectivity index (χ2n) is 5.09. The van der Waals surface area contributed by atoms with Crippen LogP contribution in [0.5, 0.6) is 0 Å². The van der Waals surface area contributed by atoms with Crippen LogP contribution in [0.15, 0.2) is 0 Å². The van der Waals surface area contributed by atoms with Crippen molar-refractivity contribution in [2.45, 2.75) is 37.3 Å². The fourth-order valence-corrected chi connectivity index (χ4v) is 3.04. The van der Waals surface area contributed by atoms with Crippen LogP contribution in [0.3, 0.4) is 0 Å². The molecule has 4 heteroatoms. The fourth-order valence-electron chi connectivity index (χ4n) is 3.04. The molecule has 1 aliphatic carbocycles. The molecule has 0 aromatic rings. The number of hydrogen-bond donors (Lipinski definition) is 2. The second kappa shape index (κ2) is 5.45. The Morgan fingerprint density at radius 1 is 1.44 bits per heavy atom. The van der Waals surface area contributed by atoms with Gasteiger partial charge < -0.3 is 15.2 Å². The van der Waals surface area contributed by atoms with Gasteiger partial charge in [-0.25, -0.2) is 0 Å². The van der Waals surface area contributed by atoms with Crippen molar-refractivity contribution in [1.29, 1.82) is 0 Å². The Kier molecular flexibility index (Phi) is 4.19. The Balaban J connectivity index is 1.94. The number of aliphatic hydroxyl groups is 1. The van der Waals surface area contributed by atoms with Crippen molar-refractivity contribution >= 4 is 0 Å². The van der Waals surface area contributed by atoms with Crippen LogP contribution in [0, 0.1) is 0 Å². The van der Waals surface area contributed by atoms with Crippen molar-refractivity contribution in [3.8, 4) is 0 Å². The molecule has 0 bridgehead atoms. The van der Waals surface area contributed by atoms with E-state index in [0.717, 1.165) is 39.1 Å². The molecule has 16 heavy (non-hydrogen) atoms. The maximum absolute atomic E-state index is 9.55. The van der Waals surface area contributed by atoms with Gasteiger partial charge in [-0.15, -0.1) is 0 Å². The Hall–Kier alpha value is -0.160. The third kappa shape index (κ3) is 2.56. The van der Waals surface area contributed by atoms with E-state index in [2.05, 4.69) is 10.2 Å². The van der Waals surface area contributed by atoms with Crippen LogP contribution in [-0.4, -0.2) is 61.5 Å². The predicted octanol–water partition coefficient (Wildman–Crippen LogP) is 0.212. The first kappa shape index (κ1) is 12.3. The normalized spacial score (nSPS) is 37.5. The summed E-state index contributed by atoms with van der Waals surface area (Å²) < 4.78 is 5.39. The van der Waals surface area contributed by atoms with Gasteiger partial charge in [-0.3, -0.25) is 4.90 Å². The molecule has 94 valence electrons. The molecule has 0 aromatic heterocycles. The van der Waals surface area contributed by atoms with Gasteiger partial charge >= 0.3 is 0 Å². The molecule has 1 aliphatic heterocycles. The molecule has 0 amide bonds. The maximum Gasteiger partial charge on any atom is 0.0613 e. The van der Waals surface area contributed by atoms with E-state index in [9.17, 15) is 5.11 Å². The van der Waals surface area contributed by atoms with Gasteiger partial charge in [0, 0.05) is 24.7 Å². The highest BCUT2D eigenvalue weighted by Crippen LogP contribution is 2.31. The number of aliphatic hydroxyl groups excluding tert-OH is 1. The highest BCUT2D eigenvalue weighted by molar-refractivity contribution is 4.95. The van der Waals surface area contributed by atoms with Gasteiger partial charge in [0.15, 0.2) is 0 Å². The summed E-state index contributed by atoms with van der Waals surface area (Å²) in [6, 6.07) is 0.622. The summed E-state index contributed by atoms with van der Waals surface area (Å²) in [6.07, 6.45) is 4.65. The van der Waals surface area contributed by atoms with Gasteiger partial charge in [0.05, 0.1) is 19.8 Å². The number of morpholine rings is 1. The molecule has 2 aliphatic rings. The number of nitrogens with zero attached hydrogens (tertiary/aromatic N) is 1. The monoisotopic (exact) mass is 228 g/mol. The van der Waals surface area contributed by atoms with Crippen molar-refractivity contribution in [3.05, 3.63) is 0 Å². The number of ether oxygens (including phenoxy) is 1. The van der Waals surface area contributed by atoms with Crippen molar-refractivity contribution in [2.75, 3.05) is 40.0 Å². The molecule has 1 saturated carbocycles. The van der Waals surface area contributed by atoms with Crippen LogP contribution in [0.25, 0.3) is 0 Å². The van der Waals surface area contributed by atoms with Crippen LogP contribution >= 0.6 is 0 Å². The molecule has 0 radical (unpaired) electrons. The van der Waals surface area contributed by atoms with Crippen molar-refractivity contribution in [3.63, 3.8) is 0 Å². The molecule has 4 nitrogen and oxygen atoms in total. The zero-order valence-electron chi connectivity index (χ0n) is 10.2. The standard InChI is InChI=1S/C12H24N2O2/c1-13-12(10-15)4-2-3-11(9-12)14-5-7-16-8-6-14/h11,13,15H,2-10H2,1H3. The Morgan fingerprint density at radius 3 is 2.81 bits per heavy atom. The van der Waals surface area contributed by atoms with Crippen LogP contribution in [-0.2, 0) is 4.74 Å². The highest BCUT2D eigenvalue weighted by atomic mass is 16.5. The van der Waals surface area contributed by atoms with Crippen molar-refractivity contribution in [1.82, 2.24) is 10.2 Å². The SMILES string of the molecule is CNC1(CO)CCCC(N2CCOCC2)C1. The summed E-state index contributed by atoms with van der Waals surface area (Å²) in [6.45, 7) is 4.08. The number of nitrogens with one attached hydrogen (secondary N) is 1. The first-order valence-corrected chi connectivity index (χ1v) is 6.41. The second-order valence-corrected chi connectivity index (χ2v) is 5.09. The van der Waals surface area contributed by atoms with E-state index in [1.54, 1.807) is 0 Å². The smallest absolute Gasteiger partial charge is 0.0613 e. The van der Waals surface area contributed by atoms with Gasteiger partial charge in [0.2, 0.25) is 0 Å². The van der Waals surface area contributed by atoms with Crippen molar-refractivity contribution in [2.24, 2.45) is 0 Å². The summed E-state index contributed by atoms with van der Waals surface area (Å²) in [5.41, 5.74) is -0.0405. The first-order valence-electron chi connectivity index (χ1n) is 6.41. The Bertz CT molecular complexity index is 213. The number of rotatable bonds is 3. The van der Waals surface area contributed by atoms with Crippen LogP contribution in [0.4, 0.5) is 0 Å². The van der Waals surface area contributed by atoms with Gasteiger partial charge in [0.1, 0.15) is 0 Å². The summed E-state index contributed by atoms with van der Waals surface area (Å²) >= 11 is 0. The van der Waals surface area contributed by atoms with E-state index in [0.29, 0.717) is 6.04 Å². The molecule has 1 heterocycles. The van der Waals surface area contributed by atoms with Crippen LogP contribution < -0.4 is 5.32 Å². The molecule has 2 rings (SSSR count). The van der Waals surface area contributed by atoms with E-state index in [-0.39, 0.29) is 12.1 Å². The van der Waals surface area contributed by atoms with E-state index in [4.69, 9.17) is 4.74 Å². The predicted molar refractivity (Wildman–Crippen MR) is 63.5 cm³/mol. The number of hydrogen-bond acceptors (Lipinski definition) is 4. The minimum atomic E-state index is -0.0405. The van der Waals surface area contributed by atoms with Gasteiger partial charge in [-0.1, -0.05) is 0 Å². The zero-order valence-corrected chi connectivity index (χ0v) is 10.2. The highest BCUT2D eigenvalue weighted by Gasteiger charge is 2.36. The molecule has 1 saturated heterocycles. The fraction of sp³-hybridized carbons (Fsp3) is 1.00. The molecule has 0 spiro atoms. The molecule has 2 unspecified atom stereocenters. The molecule has 2 atom stereocenters. The van der Waals surface area contributed by atoms with Crippen molar-refractivity contribution < 1.29 is 9.84 Å². The zero-order chi connectivity index (χ0) is 11.4. The lowest BCUT2D eigenvalue weighted by Gasteiger charge is -2.44. The average molecular weight is 228 g/mol. The molecular weight excluding hydrogens is 204 g/mol. The minimum absolute atomic E-state index is 0.0405. The molecule has 0 aromatic carbocycles. The Labute approximate surface area is 98.0 Å². The Morgan fingerprint density at radius 2 is 2.19 bits per heavy atom. The third-order valence-electron chi connectivity index (χ3n) is 4.21. The lowest BCUT2D eigenvalue weighted by Crippen LogP contribution is -2.56. The molecule has 2 fully saturated rings.